The number of amides is 1. The highest BCUT2D eigenvalue weighted by Crippen LogP contribution is 2.26. The SMILES string of the molecule is CCCC(F)OC(=O)N1CCC(CCCCn2c(COc3ccc(Cl)cc3)nc3c(C)cccc32)CC1. The number of fused-ring (bicyclic) bond motifs is 1. The number of aromatic nitrogens is 2. The first-order valence-corrected chi connectivity index (χ1v) is 13.7. The van der Waals surface area contributed by atoms with E-state index >= 15 is 0 Å². The number of rotatable bonds is 11. The Morgan fingerprint density at radius 2 is 1.92 bits per heavy atom. The molecule has 0 saturated carbocycles. The lowest BCUT2D eigenvalue weighted by Crippen LogP contribution is -2.39. The summed E-state index contributed by atoms with van der Waals surface area (Å²) < 4.78 is 26.8. The monoisotopic (exact) mass is 529 g/mol. The molecule has 1 aliphatic rings. The highest BCUT2D eigenvalue weighted by atomic mass is 35.5. The topological polar surface area (TPSA) is 56.6 Å². The number of benzene rings is 2. The Bertz CT molecular complexity index is 1160. The number of carbonyl (C=O) groups is 1. The molecular weight excluding hydrogens is 493 g/mol. The van der Waals surface area contributed by atoms with E-state index in [1.54, 1.807) is 4.90 Å². The molecule has 2 aromatic carbocycles. The molecule has 200 valence electrons. The number of carbonyl (C=O) groups excluding carboxylic acids is 1. The van der Waals surface area contributed by atoms with Gasteiger partial charge in [-0.3, -0.25) is 0 Å². The standard InChI is InChI=1S/C29H37ClFN3O3/c1-3-7-26(31)37-29(35)33-18-15-22(16-19-33)9-4-5-17-34-25-10-6-8-21(2)28(25)32-27(34)20-36-24-13-11-23(30)12-14-24/h6,8,10-14,22,26H,3-5,7,9,15-20H2,1-2H3. The van der Waals surface area contributed by atoms with Crippen LogP contribution >= 0.6 is 11.6 Å². The van der Waals surface area contributed by atoms with Crippen molar-refractivity contribution in [1.82, 2.24) is 14.5 Å². The van der Waals surface area contributed by atoms with E-state index in [4.69, 9.17) is 26.1 Å². The predicted octanol–water partition coefficient (Wildman–Crippen LogP) is 7.69. The van der Waals surface area contributed by atoms with Crippen LogP contribution < -0.4 is 4.74 Å². The van der Waals surface area contributed by atoms with Gasteiger partial charge in [-0.1, -0.05) is 43.5 Å². The highest BCUT2D eigenvalue weighted by Gasteiger charge is 2.25. The van der Waals surface area contributed by atoms with Crippen molar-refractivity contribution >= 4 is 28.7 Å². The fourth-order valence-corrected chi connectivity index (χ4v) is 5.08. The second-order valence-corrected chi connectivity index (χ2v) is 10.3. The first kappa shape index (κ1) is 27.2. The summed E-state index contributed by atoms with van der Waals surface area (Å²) in [6.45, 7) is 6.50. The van der Waals surface area contributed by atoms with Crippen LogP contribution in [0.25, 0.3) is 11.0 Å². The average Bonchev–Trinajstić information content (AvgIpc) is 3.25. The van der Waals surface area contributed by atoms with Gasteiger partial charge in [0.15, 0.2) is 0 Å². The molecule has 6 nitrogen and oxygen atoms in total. The van der Waals surface area contributed by atoms with E-state index in [1.807, 2.05) is 31.2 Å². The Labute approximate surface area is 223 Å². The quantitative estimate of drug-likeness (QED) is 0.239. The normalized spacial score (nSPS) is 15.2. The Kier molecular flexibility index (Phi) is 9.67. The van der Waals surface area contributed by atoms with E-state index in [-0.39, 0.29) is 6.42 Å². The number of aryl methyl sites for hydroxylation is 2. The minimum Gasteiger partial charge on any atom is -0.486 e. The number of alkyl halides is 1. The van der Waals surface area contributed by atoms with Crippen LogP contribution in [0.4, 0.5) is 9.18 Å². The number of unbranched alkanes of at least 4 members (excludes halogenated alkanes) is 1. The number of hydrogen-bond donors (Lipinski definition) is 0. The van der Waals surface area contributed by atoms with Crippen LogP contribution in [0.2, 0.25) is 5.02 Å². The van der Waals surface area contributed by atoms with Crippen molar-refractivity contribution in [2.24, 2.45) is 5.92 Å². The van der Waals surface area contributed by atoms with E-state index in [2.05, 4.69) is 29.7 Å². The molecule has 1 atom stereocenters. The molecular formula is C29H37ClFN3O3. The fraction of sp³-hybridized carbons (Fsp3) is 0.517. The second-order valence-electron chi connectivity index (χ2n) is 9.87. The van der Waals surface area contributed by atoms with Gasteiger partial charge in [0, 0.05) is 31.1 Å². The van der Waals surface area contributed by atoms with Gasteiger partial charge in [-0.2, -0.15) is 0 Å². The third-order valence-electron chi connectivity index (χ3n) is 7.10. The molecule has 1 unspecified atom stereocenters. The maximum Gasteiger partial charge on any atom is 0.412 e. The van der Waals surface area contributed by atoms with Gasteiger partial charge in [0.25, 0.3) is 0 Å². The molecule has 8 heteroatoms. The summed E-state index contributed by atoms with van der Waals surface area (Å²) >= 11 is 5.99. The van der Waals surface area contributed by atoms with E-state index in [9.17, 15) is 9.18 Å². The molecule has 1 saturated heterocycles. The Morgan fingerprint density at radius 3 is 2.65 bits per heavy atom. The molecule has 1 amide bonds. The van der Waals surface area contributed by atoms with Crippen molar-refractivity contribution in [2.45, 2.75) is 78.3 Å². The van der Waals surface area contributed by atoms with Crippen molar-refractivity contribution < 1.29 is 18.7 Å². The molecule has 1 fully saturated rings. The first-order chi connectivity index (χ1) is 17.9. The molecule has 4 rings (SSSR count). The van der Waals surface area contributed by atoms with E-state index in [1.165, 1.54) is 0 Å². The Morgan fingerprint density at radius 1 is 1.16 bits per heavy atom. The number of imidazole rings is 1. The molecule has 2 heterocycles. The van der Waals surface area contributed by atoms with Crippen molar-refractivity contribution in [1.29, 1.82) is 0 Å². The molecule has 0 aliphatic carbocycles. The van der Waals surface area contributed by atoms with Gasteiger partial charge in [-0.15, -0.1) is 0 Å². The van der Waals surface area contributed by atoms with Crippen LogP contribution in [0, 0.1) is 12.8 Å². The smallest absolute Gasteiger partial charge is 0.412 e. The van der Waals surface area contributed by atoms with Crippen LogP contribution in [0.15, 0.2) is 42.5 Å². The second kappa shape index (κ2) is 13.1. The first-order valence-electron chi connectivity index (χ1n) is 13.4. The number of halogens is 2. The number of nitrogens with zero attached hydrogens (tertiary/aromatic N) is 3. The molecule has 0 spiro atoms. The minimum atomic E-state index is -1.50. The summed E-state index contributed by atoms with van der Waals surface area (Å²) in [7, 11) is 0. The average molecular weight is 530 g/mol. The van der Waals surface area contributed by atoms with Crippen molar-refractivity contribution in [3.8, 4) is 5.75 Å². The summed E-state index contributed by atoms with van der Waals surface area (Å²) in [5.41, 5.74) is 3.31. The number of likely N-dealkylation sites (tertiary alicyclic amines) is 1. The number of piperidine rings is 1. The number of ether oxygens (including phenoxy) is 2. The van der Waals surface area contributed by atoms with Crippen LogP contribution in [-0.4, -0.2) is 40.0 Å². The fourth-order valence-electron chi connectivity index (χ4n) is 4.95. The summed E-state index contributed by atoms with van der Waals surface area (Å²) in [4.78, 5) is 18.7. The summed E-state index contributed by atoms with van der Waals surface area (Å²) in [5.74, 6) is 2.26. The third kappa shape index (κ3) is 7.37. The lowest BCUT2D eigenvalue weighted by Gasteiger charge is -2.31. The largest absolute Gasteiger partial charge is 0.486 e. The van der Waals surface area contributed by atoms with E-state index in [0.29, 0.717) is 37.1 Å². The van der Waals surface area contributed by atoms with E-state index in [0.717, 1.165) is 66.8 Å². The van der Waals surface area contributed by atoms with Gasteiger partial charge >= 0.3 is 6.09 Å². The van der Waals surface area contributed by atoms with Crippen molar-refractivity contribution in [3.63, 3.8) is 0 Å². The maximum absolute atomic E-state index is 13.6. The molecule has 0 radical (unpaired) electrons. The lowest BCUT2D eigenvalue weighted by atomic mass is 9.92. The van der Waals surface area contributed by atoms with Crippen LogP contribution in [-0.2, 0) is 17.9 Å². The molecule has 3 aromatic rings. The van der Waals surface area contributed by atoms with Gasteiger partial charge in [0.2, 0.25) is 6.36 Å². The van der Waals surface area contributed by atoms with Crippen molar-refractivity contribution in [3.05, 3.63) is 58.9 Å². The van der Waals surface area contributed by atoms with Gasteiger partial charge in [0.1, 0.15) is 18.2 Å². The number of para-hydroxylation sites is 1. The van der Waals surface area contributed by atoms with Crippen LogP contribution in [0.1, 0.15) is 63.3 Å². The summed E-state index contributed by atoms with van der Waals surface area (Å²) in [6.07, 6.45) is 4.02. The molecule has 1 aliphatic heterocycles. The van der Waals surface area contributed by atoms with Gasteiger partial charge in [-0.25, -0.2) is 14.2 Å². The molecule has 37 heavy (non-hydrogen) atoms. The highest BCUT2D eigenvalue weighted by molar-refractivity contribution is 6.30. The predicted molar refractivity (Wildman–Crippen MR) is 145 cm³/mol. The van der Waals surface area contributed by atoms with Crippen molar-refractivity contribution in [2.75, 3.05) is 13.1 Å². The zero-order chi connectivity index (χ0) is 26.2. The lowest BCUT2D eigenvalue weighted by molar-refractivity contribution is -0.0152. The molecule has 1 aromatic heterocycles. The van der Waals surface area contributed by atoms with Crippen LogP contribution in [0.5, 0.6) is 5.75 Å². The summed E-state index contributed by atoms with van der Waals surface area (Å²) in [5, 5.41) is 0.682. The Hall–Kier alpha value is -2.80. The molecule has 0 bridgehead atoms. The minimum absolute atomic E-state index is 0.253. The third-order valence-corrected chi connectivity index (χ3v) is 7.35. The zero-order valence-corrected chi connectivity index (χ0v) is 22.6. The molecule has 0 N–H and O–H groups in total. The maximum atomic E-state index is 13.6. The van der Waals surface area contributed by atoms with Gasteiger partial charge < -0.3 is 18.9 Å². The number of hydrogen-bond acceptors (Lipinski definition) is 4. The Balaban J connectivity index is 1.28. The van der Waals surface area contributed by atoms with E-state index < -0.39 is 12.5 Å². The van der Waals surface area contributed by atoms with Gasteiger partial charge in [-0.05, 0) is 74.4 Å². The van der Waals surface area contributed by atoms with Gasteiger partial charge in [0.05, 0.1) is 11.0 Å². The van der Waals surface area contributed by atoms with Crippen LogP contribution in [0.3, 0.4) is 0 Å². The summed E-state index contributed by atoms with van der Waals surface area (Å²) in [6, 6.07) is 13.7. The zero-order valence-electron chi connectivity index (χ0n) is 21.8.